The molecule has 130 valence electrons. The summed E-state index contributed by atoms with van der Waals surface area (Å²) in [6, 6.07) is 10.3. The van der Waals surface area contributed by atoms with Crippen LogP contribution in [0.3, 0.4) is 0 Å². The highest BCUT2D eigenvalue weighted by Crippen LogP contribution is 2.21. The standard InChI is InChI=1S/C19H23N5O/c25-19(23-12-4-6-15(14-23)24-13-5-11-20-24)10-3-9-18-21-16-7-1-2-8-17(16)22-18/h1-2,5,7-8,11,13,15H,3-4,6,9-10,12,14H2,(H,21,22). The number of aromatic amines is 1. The molecule has 0 spiro atoms. The van der Waals surface area contributed by atoms with E-state index in [1.54, 1.807) is 6.20 Å². The third-order valence-corrected chi connectivity index (χ3v) is 4.89. The average Bonchev–Trinajstić information content (AvgIpc) is 3.31. The number of para-hydroxylation sites is 2. The quantitative estimate of drug-likeness (QED) is 0.778. The van der Waals surface area contributed by atoms with Gasteiger partial charge in [0.1, 0.15) is 5.82 Å². The molecule has 1 saturated heterocycles. The molecule has 1 amide bonds. The van der Waals surface area contributed by atoms with Gasteiger partial charge in [0.2, 0.25) is 5.91 Å². The van der Waals surface area contributed by atoms with E-state index in [4.69, 9.17) is 0 Å². The van der Waals surface area contributed by atoms with Crippen molar-refractivity contribution >= 4 is 16.9 Å². The van der Waals surface area contributed by atoms with Crippen LogP contribution >= 0.6 is 0 Å². The van der Waals surface area contributed by atoms with Crippen LogP contribution in [0.2, 0.25) is 0 Å². The van der Waals surface area contributed by atoms with Crippen LogP contribution < -0.4 is 0 Å². The van der Waals surface area contributed by atoms with Crippen molar-refractivity contribution in [1.29, 1.82) is 0 Å². The molecule has 3 heterocycles. The summed E-state index contributed by atoms with van der Waals surface area (Å²) in [6.07, 6.45) is 8.11. The molecule has 25 heavy (non-hydrogen) atoms. The number of imidazole rings is 1. The van der Waals surface area contributed by atoms with E-state index in [1.807, 2.05) is 46.1 Å². The van der Waals surface area contributed by atoms with Crippen molar-refractivity contribution in [2.45, 2.75) is 38.1 Å². The van der Waals surface area contributed by atoms with Gasteiger partial charge < -0.3 is 9.88 Å². The number of aromatic nitrogens is 4. The number of hydrogen-bond donors (Lipinski definition) is 1. The Kier molecular flexibility index (Phi) is 4.50. The van der Waals surface area contributed by atoms with Gasteiger partial charge in [-0.1, -0.05) is 12.1 Å². The van der Waals surface area contributed by atoms with Crippen molar-refractivity contribution in [2.24, 2.45) is 0 Å². The molecule has 6 heteroatoms. The molecule has 0 saturated carbocycles. The maximum atomic E-state index is 12.5. The van der Waals surface area contributed by atoms with Gasteiger partial charge in [-0.2, -0.15) is 5.10 Å². The predicted octanol–water partition coefficient (Wildman–Crippen LogP) is 2.95. The van der Waals surface area contributed by atoms with Crippen molar-refractivity contribution in [3.8, 4) is 0 Å². The number of piperidine rings is 1. The largest absolute Gasteiger partial charge is 0.342 e. The zero-order valence-corrected chi connectivity index (χ0v) is 14.3. The van der Waals surface area contributed by atoms with E-state index in [0.717, 1.165) is 55.6 Å². The smallest absolute Gasteiger partial charge is 0.222 e. The molecule has 1 fully saturated rings. The predicted molar refractivity (Wildman–Crippen MR) is 96.1 cm³/mol. The normalized spacial score (nSPS) is 17.9. The van der Waals surface area contributed by atoms with Gasteiger partial charge in [-0.25, -0.2) is 4.98 Å². The van der Waals surface area contributed by atoms with Crippen molar-refractivity contribution in [2.75, 3.05) is 13.1 Å². The van der Waals surface area contributed by atoms with Crippen LogP contribution in [0.25, 0.3) is 11.0 Å². The van der Waals surface area contributed by atoms with Crippen molar-refractivity contribution in [3.05, 3.63) is 48.5 Å². The number of hydrogen-bond acceptors (Lipinski definition) is 3. The van der Waals surface area contributed by atoms with Crippen LogP contribution in [0.4, 0.5) is 0 Å². The number of H-pyrrole nitrogens is 1. The highest BCUT2D eigenvalue weighted by molar-refractivity contribution is 5.76. The summed E-state index contributed by atoms with van der Waals surface area (Å²) in [7, 11) is 0. The van der Waals surface area contributed by atoms with Gasteiger partial charge in [-0.05, 0) is 37.5 Å². The molecule has 6 nitrogen and oxygen atoms in total. The third-order valence-electron chi connectivity index (χ3n) is 4.89. The molecule has 1 aliphatic heterocycles. The lowest BCUT2D eigenvalue weighted by atomic mass is 10.1. The zero-order valence-electron chi connectivity index (χ0n) is 14.3. The number of rotatable bonds is 5. The van der Waals surface area contributed by atoms with Gasteiger partial charge in [0.05, 0.1) is 17.1 Å². The van der Waals surface area contributed by atoms with Crippen LogP contribution in [-0.4, -0.2) is 43.6 Å². The number of nitrogens with zero attached hydrogens (tertiary/aromatic N) is 4. The minimum Gasteiger partial charge on any atom is -0.342 e. The van der Waals surface area contributed by atoms with E-state index in [1.165, 1.54) is 0 Å². The Morgan fingerprint density at radius 3 is 3.04 bits per heavy atom. The molecular formula is C19H23N5O. The summed E-state index contributed by atoms with van der Waals surface area (Å²) in [6.45, 7) is 1.63. The first-order valence-corrected chi connectivity index (χ1v) is 9.00. The number of likely N-dealkylation sites (tertiary alicyclic amines) is 1. The molecule has 0 aliphatic carbocycles. The minimum atomic E-state index is 0.243. The molecule has 4 rings (SSSR count). The second kappa shape index (κ2) is 7.09. The first-order chi connectivity index (χ1) is 12.3. The fourth-order valence-electron chi connectivity index (χ4n) is 3.58. The average molecular weight is 337 g/mol. The van der Waals surface area contributed by atoms with Gasteiger partial charge >= 0.3 is 0 Å². The molecule has 1 aromatic carbocycles. The Morgan fingerprint density at radius 2 is 2.20 bits per heavy atom. The molecule has 0 radical (unpaired) electrons. The SMILES string of the molecule is O=C(CCCc1nc2ccccc2[nH]1)N1CCCC(n2cccn2)C1. The van der Waals surface area contributed by atoms with Crippen LogP contribution in [0.15, 0.2) is 42.7 Å². The summed E-state index contributed by atoms with van der Waals surface area (Å²) in [5.41, 5.74) is 2.05. The molecule has 2 aromatic heterocycles. The van der Waals surface area contributed by atoms with Crippen molar-refractivity contribution in [1.82, 2.24) is 24.6 Å². The third kappa shape index (κ3) is 3.57. The molecule has 1 N–H and O–H groups in total. The number of carbonyl (C=O) groups is 1. The fourth-order valence-corrected chi connectivity index (χ4v) is 3.58. The van der Waals surface area contributed by atoms with Crippen molar-refractivity contribution in [3.63, 3.8) is 0 Å². The minimum absolute atomic E-state index is 0.243. The van der Waals surface area contributed by atoms with Gasteiger partial charge in [0, 0.05) is 38.3 Å². The Labute approximate surface area is 146 Å². The second-order valence-electron chi connectivity index (χ2n) is 6.68. The van der Waals surface area contributed by atoms with E-state index in [-0.39, 0.29) is 5.91 Å². The number of benzene rings is 1. The highest BCUT2D eigenvalue weighted by atomic mass is 16.2. The maximum Gasteiger partial charge on any atom is 0.222 e. The monoisotopic (exact) mass is 337 g/mol. The van der Waals surface area contributed by atoms with Gasteiger partial charge in [-0.15, -0.1) is 0 Å². The highest BCUT2D eigenvalue weighted by Gasteiger charge is 2.24. The summed E-state index contributed by atoms with van der Waals surface area (Å²) in [5, 5.41) is 4.32. The first-order valence-electron chi connectivity index (χ1n) is 9.00. The summed E-state index contributed by atoms with van der Waals surface area (Å²) in [5.74, 6) is 1.20. The van der Waals surface area contributed by atoms with Crippen LogP contribution in [0, 0.1) is 0 Å². The molecule has 1 atom stereocenters. The summed E-state index contributed by atoms with van der Waals surface area (Å²) >= 11 is 0. The Hall–Kier alpha value is -2.63. The summed E-state index contributed by atoms with van der Waals surface area (Å²) in [4.78, 5) is 22.4. The maximum absolute atomic E-state index is 12.5. The molecule has 0 bridgehead atoms. The van der Waals surface area contributed by atoms with Gasteiger partial charge in [0.25, 0.3) is 0 Å². The van der Waals surface area contributed by atoms with E-state index in [9.17, 15) is 4.79 Å². The zero-order chi connectivity index (χ0) is 17.1. The Bertz CT molecular complexity index is 806. The van der Waals surface area contributed by atoms with Crippen LogP contribution in [0.1, 0.15) is 37.5 Å². The van der Waals surface area contributed by atoms with E-state index in [0.29, 0.717) is 12.5 Å². The Balaban J connectivity index is 1.29. The topological polar surface area (TPSA) is 66.8 Å². The molecule has 1 aliphatic rings. The lowest BCUT2D eigenvalue weighted by Crippen LogP contribution is -2.40. The van der Waals surface area contributed by atoms with E-state index in [2.05, 4.69) is 15.1 Å². The lowest BCUT2D eigenvalue weighted by molar-refractivity contribution is -0.133. The van der Waals surface area contributed by atoms with Crippen LogP contribution in [-0.2, 0) is 11.2 Å². The molecular weight excluding hydrogens is 314 g/mol. The molecule has 3 aromatic rings. The van der Waals surface area contributed by atoms with Gasteiger partial charge in [0.15, 0.2) is 0 Å². The Morgan fingerprint density at radius 1 is 1.28 bits per heavy atom. The van der Waals surface area contributed by atoms with E-state index >= 15 is 0 Å². The number of amides is 1. The van der Waals surface area contributed by atoms with Crippen LogP contribution in [0.5, 0.6) is 0 Å². The number of carbonyl (C=O) groups excluding carboxylic acids is 1. The fraction of sp³-hybridized carbons (Fsp3) is 0.421. The molecule has 1 unspecified atom stereocenters. The lowest BCUT2D eigenvalue weighted by Gasteiger charge is -2.33. The van der Waals surface area contributed by atoms with Gasteiger partial charge in [-0.3, -0.25) is 9.48 Å². The second-order valence-corrected chi connectivity index (χ2v) is 6.68. The number of aryl methyl sites for hydroxylation is 1. The first kappa shape index (κ1) is 15.9. The number of fused-ring (bicyclic) bond motifs is 1. The summed E-state index contributed by atoms with van der Waals surface area (Å²) < 4.78 is 1.98. The van der Waals surface area contributed by atoms with E-state index < -0.39 is 0 Å². The van der Waals surface area contributed by atoms with Crippen molar-refractivity contribution < 1.29 is 4.79 Å². The number of nitrogens with one attached hydrogen (secondary N) is 1.